The van der Waals surface area contributed by atoms with Gasteiger partial charge in [-0.25, -0.2) is 0 Å². The number of rotatable bonds is 46. The van der Waals surface area contributed by atoms with Crippen LogP contribution in [0.25, 0.3) is 0 Å². The second-order valence-electron chi connectivity index (χ2n) is 17.0. The van der Waals surface area contributed by atoms with Crippen LogP contribution in [0, 0.1) is 0 Å². The van der Waals surface area contributed by atoms with Gasteiger partial charge in [0.2, 0.25) is 0 Å². The summed E-state index contributed by atoms with van der Waals surface area (Å²) >= 11 is 0. The van der Waals surface area contributed by atoms with Crippen molar-refractivity contribution in [3.63, 3.8) is 0 Å². The summed E-state index contributed by atoms with van der Waals surface area (Å²) in [5, 5.41) is 9.32. The smallest absolute Gasteiger partial charge is 0.307 e. The Morgan fingerprint density at radius 1 is 0.411 bits per heavy atom. The molecule has 0 fully saturated rings. The predicted octanol–water partition coefficient (Wildman–Crippen LogP) is 13.4. The molecule has 0 aromatic rings. The number of nitrogens with zero attached hydrogens (tertiary/aromatic N) is 2. The zero-order valence-corrected chi connectivity index (χ0v) is 38.3. The largest absolute Gasteiger partial charge is 0.466 e. The van der Waals surface area contributed by atoms with Gasteiger partial charge in [-0.05, 0) is 110 Å². The number of esters is 2. The molecule has 0 aromatic heterocycles. The van der Waals surface area contributed by atoms with Crippen molar-refractivity contribution in [1.29, 1.82) is 0 Å². The molecule has 0 bridgehead atoms. The van der Waals surface area contributed by atoms with E-state index in [1.54, 1.807) is 0 Å². The molecular weight excluding hydrogens is 697 g/mol. The van der Waals surface area contributed by atoms with Crippen LogP contribution in [0.4, 0.5) is 0 Å². The molecule has 56 heavy (non-hydrogen) atoms. The molecule has 0 aliphatic heterocycles. The molecule has 0 saturated carbocycles. The number of carbonyl (C=O) groups excluding carboxylic acids is 2. The number of carbonyl (C=O) groups is 2. The Balaban J connectivity index is 4.29. The van der Waals surface area contributed by atoms with Gasteiger partial charge in [0.15, 0.2) is 0 Å². The monoisotopic (exact) mass is 795 g/mol. The number of ether oxygens (including phenoxy) is 2. The summed E-state index contributed by atoms with van der Waals surface area (Å²) in [5.74, 6) is -0.0283. The van der Waals surface area contributed by atoms with Gasteiger partial charge in [-0.1, -0.05) is 156 Å². The molecule has 0 aromatic carbocycles. The van der Waals surface area contributed by atoms with E-state index >= 15 is 0 Å². The van der Waals surface area contributed by atoms with Crippen LogP contribution in [0.3, 0.4) is 0 Å². The maximum atomic E-state index is 12.7. The van der Waals surface area contributed by atoms with Crippen molar-refractivity contribution in [1.82, 2.24) is 9.80 Å². The Morgan fingerprint density at radius 3 is 1.29 bits per heavy atom. The number of hydrogen-bond donors (Lipinski definition) is 1. The summed E-state index contributed by atoms with van der Waals surface area (Å²) in [6.45, 7) is 16.1. The summed E-state index contributed by atoms with van der Waals surface area (Å²) in [6, 6.07) is 0. The quantitative estimate of drug-likeness (QED) is 0.0485. The van der Waals surface area contributed by atoms with Crippen molar-refractivity contribution in [2.75, 3.05) is 52.5 Å². The van der Waals surface area contributed by atoms with Gasteiger partial charge in [-0.3, -0.25) is 9.59 Å². The highest BCUT2D eigenvalue weighted by Gasteiger charge is 2.15. The van der Waals surface area contributed by atoms with Crippen LogP contribution < -0.4 is 0 Å². The molecule has 1 N–H and O–H groups in total. The predicted molar refractivity (Wildman–Crippen MR) is 240 cm³/mol. The molecule has 0 rings (SSSR count). The van der Waals surface area contributed by atoms with E-state index in [1.165, 1.54) is 128 Å². The fourth-order valence-electron chi connectivity index (χ4n) is 7.71. The fourth-order valence-corrected chi connectivity index (χ4v) is 7.71. The first-order valence-electron chi connectivity index (χ1n) is 24.9. The molecule has 0 aliphatic carbocycles. The average molecular weight is 795 g/mol. The van der Waals surface area contributed by atoms with Crippen LogP contribution >= 0.6 is 0 Å². The van der Waals surface area contributed by atoms with E-state index < -0.39 is 0 Å². The Hall–Kier alpha value is -1.18. The topological polar surface area (TPSA) is 79.3 Å². The lowest BCUT2D eigenvalue weighted by molar-refractivity contribution is -0.150. The number of aliphatic hydroxyl groups is 1. The Labute approximate surface area is 349 Å². The van der Waals surface area contributed by atoms with Gasteiger partial charge in [-0.2, -0.15) is 0 Å². The number of unbranched alkanes of at least 4 members (excludes halogenated alkanes) is 23. The number of aliphatic hydroxyl groups excluding tert-OH is 1. The van der Waals surface area contributed by atoms with Gasteiger partial charge in [0, 0.05) is 19.6 Å². The molecule has 1 unspecified atom stereocenters. The molecule has 334 valence electrons. The van der Waals surface area contributed by atoms with E-state index in [4.69, 9.17) is 9.47 Å². The van der Waals surface area contributed by atoms with Gasteiger partial charge in [-0.15, -0.1) is 0 Å². The lowest BCUT2D eigenvalue weighted by Gasteiger charge is -2.22. The summed E-state index contributed by atoms with van der Waals surface area (Å²) in [4.78, 5) is 30.3. The third kappa shape index (κ3) is 39.6. The molecule has 0 heterocycles. The molecule has 0 aliphatic rings. The standard InChI is InChI=1S/C49H98N2O5/c1-5-9-13-17-19-26-36-47(35-25-15-11-7-3)56-49(54)37-27-20-22-30-39-50(43-32-33-45-52)40-31-23-24-34-46-55-48(53)38-44-51(41-28-16-12-8-4)42-29-21-18-14-10-6-2/h47,52H,5-46H2,1-4H3. The molecule has 0 saturated heterocycles. The first-order chi connectivity index (χ1) is 27.5. The molecule has 7 heteroatoms. The molecule has 0 spiro atoms. The molecule has 0 amide bonds. The van der Waals surface area contributed by atoms with E-state index in [2.05, 4.69) is 37.5 Å². The lowest BCUT2D eigenvalue weighted by Crippen LogP contribution is -2.29. The Morgan fingerprint density at radius 2 is 0.786 bits per heavy atom. The second kappa shape index (κ2) is 44.9. The minimum atomic E-state index is -0.0380. The van der Waals surface area contributed by atoms with Gasteiger partial charge in [0.25, 0.3) is 0 Å². The zero-order chi connectivity index (χ0) is 41.0. The maximum Gasteiger partial charge on any atom is 0.307 e. The molecule has 0 radical (unpaired) electrons. The minimum Gasteiger partial charge on any atom is -0.466 e. The van der Waals surface area contributed by atoms with E-state index in [0.29, 0.717) is 19.4 Å². The first kappa shape index (κ1) is 54.8. The lowest BCUT2D eigenvalue weighted by atomic mass is 10.0. The summed E-state index contributed by atoms with van der Waals surface area (Å²) in [7, 11) is 0. The SMILES string of the molecule is CCCCCCCCC(CCCCCC)OC(=O)CCCCCCN(CCCCO)CCCCCCOC(=O)CCN(CCCCCC)CCCCCCCC. The average Bonchev–Trinajstić information content (AvgIpc) is 3.19. The van der Waals surface area contributed by atoms with Crippen LogP contribution in [-0.2, 0) is 19.1 Å². The van der Waals surface area contributed by atoms with Crippen molar-refractivity contribution in [2.45, 2.75) is 252 Å². The second-order valence-corrected chi connectivity index (χ2v) is 17.0. The van der Waals surface area contributed by atoms with E-state index in [0.717, 1.165) is 116 Å². The highest BCUT2D eigenvalue weighted by Crippen LogP contribution is 2.18. The van der Waals surface area contributed by atoms with Crippen molar-refractivity contribution < 1.29 is 24.2 Å². The minimum absolute atomic E-state index is 0.00971. The van der Waals surface area contributed by atoms with Crippen molar-refractivity contribution >= 4 is 11.9 Å². The van der Waals surface area contributed by atoms with Gasteiger partial charge >= 0.3 is 11.9 Å². The van der Waals surface area contributed by atoms with Crippen LogP contribution in [0.15, 0.2) is 0 Å². The van der Waals surface area contributed by atoms with Crippen molar-refractivity contribution in [3.05, 3.63) is 0 Å². The van der Waals surface area contributed by atoms with Gasteiger partial charge in [0.1, 0.15) is 6.10 Å². The number of hydrogen-bond acceptors (Lipinski definition) is 7. The zero-order valence-electron chi connectivity index (χ0n) is 38.3. The van der Waals surface area contributed by atoms with Gasteiger partial charge in [0.05, 0.1) is 13.0 Å². The third-order valence-electron chi connectivity index (χ3n) is 11.5. The van der Waals surface area contributed by atoms with Crippen LogP contribution in [0.2, 0.25) is 0 Å². The van der Waals surface area contributed by atoms with Crippen molar-refractivity contribution in [2.24, 2.45) is 0 Å². The van der Waals surface area contributed by atoms with E-state index in [1.807, 2.05) is 0 Å². The summed E-state index contributed by atoms with van der Waals surface area (Å²) in [6.07, 6.45) is 39.3. The van der Waals surface area contributed by atoms with Gasteiger partial charge < -0.3 is 24.4 Å². The van der Waals surface area contributed by atoms with Crippen LogP contribution in [0.5, 0.6) is 0 Å². The Bertz CT molecular complexity index is 811. The normalized spacial score (nSPS) is 12.2. The maximum absolute atomic E-state index is 12.7. The molecular formula is C49H98N2O5. The Kier molecular flexibility index (Phi) is 44.0. The summed E-state index contributed by atoms with van der Waals surface area (Å²) < 4.78 is 11.7. The molecule has 1 atom stereocenters. The summed E-state index contributed by atoms with van der Waals surface area (Å²) in [5.41, 5.74) is 0. The highest BCUT2D eigenvalue weighted by molar-refractivity contribution is 5.69. The van der Waals surface area contributed by atoms with E-state index in [-0.39, 0.29) is 24.6 Å². The first-order valence-corrected chi connectivity index (χ1v) is 24.9. The third-order valence-corrected chi connectivity index (χ3v) is 11.5. The molecule has 7 nitrogen and oxygen atoms in total. The van der Waals surface area contributed by atoms with Crippen LogP contribution in [-0.4, -0.2) is 85.4 Å². The van der Waals surface area contributed by atoms with Crippen LogP contribution in [0.1, 0.15) is 246 Å². The van der Waals surface area contributed by atoms with Crippen molar-refractivity contribution in [3.8, 4) is 0 Å². The van der Waals surface area contributed by atoms with E-state index in [9.17, 15) is 14.7 Å². The fraction of sp³-hybridized carbons (Fsp3) is 0.959. The highest BCUT2D eigenvalue weighted by atomic mass is 16.5.